The van der Waals surface area contributed by atoms with E-state index in [2.05, 4.69) is 229 Å². The molecule has 0 saturated heterocycles. The molecule has 14 rings (SSSR count). The normalized spacial score (nSPS) is 13.2. The Hall–Kier alpha value is -8.34. The van der Waals surface area contributed by atoms with Crippen molar-refractivity contribution in [2.75, 3.05) is 0 Å². The van der Waals surface area contributed by atoms with E-state index in [1.807, 2.05) is 0 Å². The zero-order chi connectivity index (χ0) is 43.0. The Bertz CT molecular complexity index is 3930. The lowest BCUT2D eigenvalue weighted by Gasteiger charge is -2.22. The summed E-state index contributed by atoms with van der Waals surface area (Å²) in [6.45, 7) is 4.73. The molecule has 304 valence electrons. The second-order valence-electron chi connectivity index (χ2n) is 18.1. The van der Waals surface area contributed by atoms with Crippen LogP contribution in [0.4, 0.5) is 0 Å². The number of rotatable bonds is 4. The van der Waals surface area contributed by atoms with Crippen LogP contribution in [0.15, 0.2) is 206 Å². The molecule has 0 aliphatic heterocycles. The molecule has 10 aromatic carbocycles. The maximum Gasteiger partial charge on any atom is 0.163 e. The Morgan fingerprint density at radius 3 is 1.34 bits per heavy atom. The first-order valence-corrected chi connectivity index (χ1v) is 22.5. The van der Waals surface area contributed by atoms with Crippen LogP contribution in [0.3, 0.4) is 0 Å². The van der Waals surface area contributed by atoms with Gasteiger partial charge in [0.1, 0.15) is 11.6 Å². The van der Waals surface area contributed by atoms with Gasteiger partial charge in [-0.3, -0.25) is 9.13 Å². The largest absolute Gasteiger partial charge is 0.294 e. The van der Waals surface area contributed by atoms with Gasteiger partial charge in [-0.1, -0.05) is 166 Å². The molecule has 4 nitrogen and oxygen atoms in total. The van der Waals surface area contributed by atoms with E-state index >= 15 is 0 Å². The van der Waals surface area contributed by atoms with Crippen molar-refractivity contribution in [3.63, 3.8) is 0 Å². The SMILES string of the molecule is CC1(C)c2ccccc2-c2cc3c4ccccc4c4cc(-c5cccc(-c6nc(-n7c8ccccc8c8ccccc87)cc(-n7c8ccccc8c8ccccc87)n6)c5)ccc4c3cc21. The molecule has 3 aromatic heterocycles. The van der Waals surface area contributed by atoms with Gasteiger partial charge in [-0.25, -0.2) is 9.97 Å². The van der Waals surface area contributed by atoms with E-state index in [0.717, 1.165) is 50.4 Å². The van der Waals surface area contributed by atoms with Crippen molar-refractivity contribution < 1.29 is 0 Å². The highest BCUT2D eigenvalue weighted by molar-refractivity contribution is 6.26. The second kappa shape index (κ2) is 13.3. The fourth-order valence-electron chi connectivity index (χ4n) is 11.3. The average Bonchev–Trinajstić information content (AvgIpc) is 3.96. The van der Waals surface area contributed by atoms with Gasteiger partial charge < -0.3 is 0 Å². The van der Waals surface area contributed by atoms with Crippen LogP contribution < -0.4 is 0 Å². The molecule has 0 fully saturated rings. The summed E-state index contributed by atoms with van der Waals surface area (Å²) in [5.74, 6) is 2.30. The van der Waals surface area contributed by atoms with Crippen molar-refractivity contribution in [1.29, 1.82) is 0 Å². The van der Waals surface area contributed by atoms with E-state index in [9.17, 15) is 0 Å². The van der Waals surface area contributed by atoms with Crippen LogP contribution in [-0.4, -0.2) is 19.1 Å². The van der Waals surface area contributed by atoms with Crippen molar-refractivity contribution in [3.05, 3.63) is 217 Å². The lowest BCUT2D eigenvalue weighted by molar-refractivity contribution is 0.661. The van der Waals surface area contributed by atoms with Gasteiger partial charge in [-0.05, 0) is 114 Å². The maximum atomic E-state index is 5.47. The quantitative estimate of drug-likeness (QED) is 0.166. The third-order valence-electron chi connectivity index (χ3n) is 14.3. The number of benzene rings is 10. The van der Waals surface area contributed by atoms with Gasteiger partial charge in [0, 0.05) is 38.6 Å². The minimum Gasteiger partial charge on any atom is -0.294 e. The van der Waals surface area contributed by atoms with Crippen LogP contribution in [0.1, 0.15) is 25.0 Å². The molecule has 0 N–H and O–H groups in total. The number of hydrogen-bond donors (Lipinski definition) is 0. The van der Waals surface area contributed by atoms with Crippen LogP contribution in [-0.2, 0) is 5.41 Å². The third kappa shape index (κ3) is 5.14. The monoisotopic (exact) mass is 828 g/mol. The zero-order valence-corrected chi connectivity index (χ0v) is 35.9. The van der Waals surface area contributed by atoms with Gasteiger partial charge >= 0.3 is 0 Å². The van der Waals surface area contributed by atoms with Crippen molar-refractivity contribution in [2.24, 2.45) is 0 Å². The van der Waals surface area contributed by atoms with Gasteiger partial charge in [0.2, 0.25) is 0 Å². The first-order chi connectivity index (χ1) is 32.0. The molecule has 0 spiro atoms. The molecule has 4 heteroatoms. The van der Waals surface area contributed by atoms with Gasteiger partial charge in [0.25, 0.3) is 0 Å². The standard InChI is InChI=1S/C61H40N4/c1-61(2)52-25-10-5-20-43(52)51-34-49-41-19-4-3-18-40(41)48-33-38(30-31-42(48)50(49)35-53(51)61)37-16-15-17-39(32-37)60-62-58(64-54-26-11-6-21-44(54)45-22-7-12-27-55(45)64)36-59(63-60)65-56-28-13-8-23-46(56)47-24-9-14-29-57(47)65/h3-36H,1-2H3. The summed E-state index contributed by atoms with van der Waals surface area (Å²) in [6, 6.07) is 75.2. The maximum absolute atomic E-state index is 5.47. The van der Waals surface area contributed by atoms with Gasteiger partial charge in [0.15, 0.2) is 5.82 Å². The minimum absolute atomic E-state index is 0.0825. The Labute approximate surface area is 375 Å². The van der Waals surface area contributed by atoms with Crippen LogP contribution in [0.5, 0.6) is 0 Å². The fraction of sp³-hybridized carbons (Fsp3) is 0.0492. The molecule has 3 heterocycles. The molecule has 1 aliphatic carbocycles. The predicted octanol–water partition coefficient (Wildman–Crippen LogP) is 15.8. The second-order valence-corrected chi connectivity index (χ2v) is 18.1. The summed E-state index contributed by atoms with van der Waals surface area (Å²) in [5, 5.41) is 12.4. The molecule has 65 heavy (non-hydrogen) atoms. The molecule has 0 atom stereocenters. The molecular formula is C61H40N4. The van der Waals surface area contributed by atoms with Gasteiger partial charge in [0.05, 0.1) is 22.1 Å². The number of hydrogen-bond acceptors (Lipinski definition) is 2. The lowest BCUT2D eigenvalue weighted by Crippen LogP contribution is -2.14. The summed E-state index contributed by atoms with van der Waals surface area (Å²) >= 11 is 0. The smallest absolute Gasteiger partial charge is 0.163 e. The highest BCUT2D eigenvalue weighted by atomic mass is 15.1. The van der Waals surface area contributed by atoms with Gasteiger partial charge in [-0.15, -0.1) is 0 Å². The number of aromatic nitrogens is 4. The van der Waals surface area contributed by atoms with E-state index < -0.39 is 0 Å². The van der Waals surface area contributed by atoms with E-state index in [0.29, 0.717) is 5.82 Å². The summed E-state index contributed by atoms with van der Waals surface area (Å²) < 4.78 is 4.59. The third-order valence-corrected chi connectivity index (χ3v) is 14.3. The highest BCUT2D eigenvalue weighted by Gasteiger charge is 2.35. The number of para-hydroxylation sites is 4. The van der Waals surface area contributed by atoms with Crippen LogP contribution in [0, 0.1) is 0 Å². The first kappa shape index (κ1) is 36.2. The van der Waals surface area contributed by atoms with E-state index in [4.69, 9.17) is 9.97 Å². The Morgan fingerprint density at radius 1 is 0.308 bits per heavy atom. The molecule has 13 aromatic rings. The van der Waals surface area contributed by atoms with Crippen molar-refractivity contribution in [3.8, 4) is 45.3 Å². The molecule has 1 aliphatic rings. The molecular weight excluding hydrogens is 789 g/mol. The predicted molar refractivity (Wildman–Crippen MR) is 272 cm³/mol. The summed E-state index contributed by atoms with van der Waals surface area (Å²) in [7, 11) is 0. The first-order valence-electron chi connectivity index (χ1n) is 22.5. The molecule has 0 saturated carbocycles. The van der Waals surface area contributed by atoms with Crippen molar-refractivity contribution >= 4 is 75.9 Å². The molecule has 0 bridgehead atoms. The fourth-order valence-corrected chi connectivity index (χ4v) is 11.3. The lowest BCUT2D eigenvalue weighted by atomic mass is 9.81. The molecule has 0 amide bonds. The van der Waals surface area contributed by atoms with Crippen LogP contribution >= 0.6 is 0 Å². The van der Waals surface area contributed by atoms with Crippen molar-refractivity contribution in [1.82, 2.24) is 19.1 Å². The molecule has 0 radical (unpaired) electrons. The van der Waals surface area contributed by atoms with Crippen LogP contribution in [0.2, 0.25) is 0 Å². The van der Waals surface area contributed by atoms with Gasteiger partial charge in [-0.2, -0.15) is 0 Å². The summed E-state index contributed by atoms with van der Waals surface area (Å²) in [6.07, 6.45) is 0. The topological polar surface area (TPSA) is 35.6 Å². The Morgan fingerprint density at radius 2 is 0.754 bits per heavy atom. The van der Waals surface area contributed by atoms with E-state index in [1.165, 1.54) is 76.1 Å². The Kier molecular flexibility index (Phi) is 7.42. The Balaban J connectivity index is 0.980. The molecule has 0 unspecified atom stereocenters. The van der Waals surface area contributed by atoms with Crippen molar-refractivity contribution in [2.45, 2.75) is 19.3 Å². The number of fused-ring (bicyclic) bond motifs is 15. The minimum atomic E-state index is -0.0825. The summed E-state index contributed by atoms with van der Waals surface area (Å²) in [5.41, 5.74) is 13.0. The summed E-state index contributed by atoms with van der Waals surface area (Å²) in [4.78, 5) is 10.9. The number of nitrogens with zero attached hydrogens (tertiary/aromatic N) is 4. The van der Waals surface area contributed by atoms with E-state index in [-0.39, 0.29) is 5.41 Å². The average molecular weight is 829 g/mol. The van der Waals surface area contributed by atoms with E-state index in [1.54, 1.807) is 0 Å². The highest BCUT2D eigenvalue weighted by Crippen LogP contribution is 2.51. The zero-order valence-electron chi connectivity index (χ0n) is 35.9. The van der Waals surface area contributed by atoms with Crippen LogP contribution in [0.25, 0.3) is 121 Å².